The Kier molecular flexibility index (Phi) is 6.04. The van der Waals surface area contributed by atoms with Crippen molar-refractivity contribution in [1.82, 2.24) is 15.1 Å². The van der Waals surface area contributed by atoms with Crippen LogP contribution < -0.4 is 17.0 Å². The van der Waals surface area contributed by atoms with Crippen LogP contribution in [0, 0.1) is 6.92 Å². The zero-order valence-corrected chi connectivity index (χ0v) is 18.9. The summed E-state index contributed by atoms with van der Waals surface area (Å²) < 4.78 is 6.27. The number of aromatic nitrogens is 2. The first-order valence-corrected chi connectivity index (χ1v) is 11.0. The Labute approximate surface area is 191 Å². The van der Waals surface area contributed by atoms with Gasteiger partial charge in [-0.2, -0.15) is 5.10 Å². The number of nitrogens with two attached hydrogens (primary N) is 2. The van der Waals surface area contributed by atoms with Crippen molar-refractivity contribution in [2.75, 3.05) is 24.6 Å². The minimum atomic E-state index is -0.539. The summed E-state index contributed by atoms with van der Waals surface area (Å²) in [7, 11) is 0. The third kappa shape index (κ3) is 4.13. The van der Waals surface area contributed by atoms with Crippen molar-refractivity contribution >= 4 is 34.1 Å². The van der Waals surface area contributed by atoms with E-state index in [1.54, 1.807) is 4.90 Å². The quantitative estimate of drug-likeness (QED) is 0.404. The molecule has 0 aliphatic carbocycles. The average molecular weight is 449 g/mol. The lowest BCUT2D eigenvalue weighted by Gasteiger charge is -2.30. The van der Waals surface area contributed by atoms with E-state index in [4.69, 9.17) is 20.9 Å². The SMILES string of the molecule is C=CC(=O)N1CCC(N=C(c2oc3ccc(C)cc3c2CC)c2c(N)n[nH]c(=O)c2N)CC1. The van der Waals surface area contributed by atoms with Crippen LogP contribution in [0.2, 0.25) is 0 Å². The van der Waals surface area contributed by atoms with Crippen LogP contribution >= 0.6 is 0 Å². The fraction of sp³-hybridized carbons (Fsp3) is 0.333. The van der Waals surface area contributed by atoms with E-state index in [0.717, 1.165) is 22.1 Å². The number of likely N-dealkylation sites (tertiary alicyclic amines) is 1. The molecular weight excluding hydrogens is 420 g/mol. The lowest BCUT2D eigenvalue weighted by atomic mass is 9.98. The molecule has 3 heterocycles. The molecule has 1 aromatic carbocycles. The highest BCUT2D eigenvalue weighted by Gasteiger charge is 2.28. The first-order chi connectivity index (χ1) is 15.8. The van der Waals surface area contributed by atoms with Crippen molar-refractivity contribution in [3.63, 3.8) is 0 Å². The number of H-pyrrole nitrogens is 1. The Balaban J connectivity index is 1.87. The zero-order valence-electron chi connectivity index (χ0n) is 18.9. The Morgan fingerprint density at radius 3 is 2.76 bits per heavy atom. The molecule has 1 amide bonds. The van der Waals surface area contributed by atoms with Gasteiger partial charge in [-0.3, -0.25) is 14.6 Å². The Morgan fingerprint density at radius 2 is 2.09 bits per heavy atom. The number of nitrogens with one attached hydrogen (secondary N) is 1. The number of aromatic amines is 1. The topological polar surface area (TPSA) is 144 Å². The molecule has 0 saturated carbocycles. The molecule has 4 rings (SSSR count). The second kappa shape index (κ2) is 8.93. The number of amides is 1. The number of hydrogen-bond acceptors (Lipinski definition) is 7. The number of fused-ring (bicyclic) bond motifs is 1. The van der Waals surface area contributed by atoms with E-state index in [-0.39, 0.29) is 29.0 Å². The number of aliphatic imine (C=N–C) groups is 1. The molecule has 172 valence electrons. The number of benzene rings is 1. The van der Waals surface area contributed by atoms with Gasteiger partial charge in [-0.05, 0) is 44.4 Å². The smallest absolute Gasteiger partial charge is 0.288 e. The van der Waals surface area contributed by atoms with E-state index in [2.05, 4.69) is 22.8 Å². The first kappa shape index (κ1) is 22.3. The molecule has 0 bridgehead atoms. The summed E-state index contributed by atoms with van der Waals surface area (Å²) in [6, 6.07) is 5.87. The van der Waals surface area contributed by atoms with Gasteiger partial charge >= 0.3 is 0 Å². The van der Waals surface area contributed by atoms with Crippen molar-refractivity contribution < 1.29 is 9.21 Å². The maximum absolute atomic E-state index is 12.3. The van der Waals surface area contributed by atoms with Gasteiger partial charge < -0.3 is 20.8 Å². The van der Waals surface area contributed by atoms with E-state index < -0.39 is 5.56 Å². The number of furan rings is 1. The molecule has 9 heteroatoms. The van der Waals surface area contributed by atoms with Crippen molar-refractivity contribution in [3.05, 3.63) is 63.7 Å². The first-order valence-electron chi connectivity index (χ1n) is 11.0. The van der Waals surface area contributed by atoms with Crippen LogP contribution in [-0.4, -0.2) is 45.8 Å². The molecule has 1 aliphatic rings. The van der Waals surface area contributed by atoms with E-state index >= 15 is 0 Å². The summed E-state index contributed by atoms with van der Waals surface area (Å²) in [6.45, 7) is 8.74. The number of anilines is 2. The fourth-order valence-corrected chi connectivity index (χ4v) is 4.30. The zero-order chi connectivity index (χ0) is 23.7. The Hall–Kier alpha value is -3.88. The molecule has 3 aromatic rings. The highest BCUT2D eigenvalue weighted by atomic mass is 16.3. The van der Waals surface area contributed by atoms with E-state index in [9.17, 15) is 9.59 Å². The summed E-state index contributed by atoms with van der Waals surface area (Å²) in [5.74, 6) is 0.517. The van der Waals surface area contributed by atoms with Crippen molar-refractivity contribution in [1.29, 1.82) is 0 Å². The lowest BCUT2D eigenvalue weighted by molar-refractivity contribution is -0.126. The molecule has 0 unspecified atom stereocenters. The average Bonchev–Trinajstić information content (AvgIpc) is 3.18. The summed E-state index contributed by atoms with van der Waals surface area (Å²) in [4.78, 5) is 31.0. The molecule has 1 aliphatic heterocycles. The van der Waals surface area contributed by atoms with Crippen LogP contribution in [-0.2, 0) is 11.2 Å². The maximum Gasteiger partial charge on any atom is 0.288 e. The van der Waals surface area contributed by atoms with E-state index in [1.807, 2.05) is 26.0 Å². The summed E-state index contributed by atoms with van der Waals surface area (Å²) in [5, 5.41) is 7.22. The number of piperidine rings is 1. The van der Waals surface area contributed by atoms with Gasteiger partial charge in [0.1, 0.15) is 17.0 Å². The van der Waals surface area contributed by atoms with E-state index in [0.29, 0.717) is 43.8 Å². The van der Waals surface area contributed by atoms with Crippen LogP contribution in [0.25, 0.3) is 11.0 Å². The van der Waals surface area contributed by atoms with Gasteiger partial charge in [-0.15, -0.1) is 0 Å². The van der Waals surface area contributed by atoms with Crippen LogP contribution in [0.3, 0.4) is 0 Å². The normalized spacial score (nSPS) is 15.2. The van der Waals surface area contributed by atoms with Crippen LogP contribution in [0.1, 0.15) is 42.2 Å². The van der Waals surface area contributed by atoms with Gasteiger partial charge in [-0.25, -0.2) is 5.10 Å². The minimum Gasteiger partial charge on any atom is -0.454 e. The number of carbonyl (C=O) groups is 1. The number of rotatable bonds is 5. The lowest BCUT2D eigenvalue weighted by Crippen LogP contribution is -2.39. The molecule has 1 fully saturated rings. The standard InChI is InChI=1S/C24H28N6O3/c1-4-15-16-12-13(3)6-7-17(16)33-22(15)21(19-20(25)24(32)29-28-23(19)26)27-14-8-10-30(11-9-14)18(31)5-2/h5-7,12,14H,2,4,8-11H2,1,3H3,(H,29,32)(H4,25,26,28). The summed E-state index contributed by atoms with van der Waals surface area (Å²) >= 11 is 0. The largest absolute Gasteiger partial charge is 0.454 e. The van der Waals surface area contributed by atoms with Gasteiger partial charge in [0.25, 0.3) is 5.56 Å². The number of hydrogen-bond donors (Lipinski definition) is 3. The van der Waals surface area contributed by atoms with Gasteiger partial charge in [0, 0.05) is 24.0 Å². The molecule has 5 N–H and O–H groups in total. The van der Waals surface area contributed by atoms with E-state index in [1.165, 1.54) is 6.08 Å². The van der Waals surface area contributed by atoms with Crippen molar-refractivity contribution in [3.8, 4) is 0 Å². The third-order valence-electron chi connectivity index (χ3n) is 6.06. The van der Waals surface area contributed by atoms with Crippen molar-refractivity contribution in [2.24, 2.45) is 4.99 Å². The number of carbonyl (C=O) groups excluding carboxylic acids is 1. The number of aryl methyl sites for hydroxylation is 2. The minimum absolute atomic E-state index is 0.0563. The van der Waals surface area contributed by atoms with Crippen LogP contribution in [0.5, 0.6) is 0 Å². The number of nitrogens with zero attached hydrogens (tertiary/aromatic N) is 3. The fourth-order valence-electron chi connectivity index (χ4n) is 4.30. The molecule has 0 atom stereocenters. The molecule has 0 spiro atoms. The second-order valence-corrected chi connectivity index (χ2v) is 8.23. The summed E-state index contributed by atoms with van der Waals surface area (Å²) in [5.41, 5.74) is 15.2. The molecule has 2 aromatic heterocycles. The highest BCUT2D eigenvalue weighted by Crippen LogP contribution is 2.32. The molecular formula is C24H28N6O3. The predicted octanol–water partition coefficient (Wildman–Crippen LogP) is 2.57. The predicted molar refractivity (Wildman–Crippen MR) is 129 cm³/mol. The highest BCUT2D eigenvalue weighted by molar-refractivity contribution is 6.19. The molecule has 1 saturated heterocycles. The van der Waals surface area contributed by atoms with Gasteiger partial charge in [0.15, 0.2) is 11.6 Å². The van der Waals surface area contributed by atoms with Gasteiger partial charge in [0.2, 0.25) is 5.91 Å². The Bertz CT molecular complexity index is 1310. The third-order valence-corrected chi connectivity index (χ3v) is 6.06. The molecule has 9 nitrogen and oxygen atoms in total. The molecule has 33 heavy (non-hydrogen) atoms. The monoisotopic (exact) mass is 448 g/mol. The second-order valence-electron chi connectivity index (χ2n) is 8.23. The number of nitrogen functional groups attached to an aromatic ring is 2. The Morgan fingerprint density at radius 1 is 1.36 bits per heavy atom. The van der Waals surface area contributed by atoms with Crippen LogP contribution in [0.15, 0.2) is 45.1 Å². The molecule has 0 radical (unpaired) electrons. The summed E-state index contributed by atoms with van der Waals surface area (Å²) in [6.07, 6.45) is 3.32. The van der Waals surface area contributed by atoms with Gasteiger partial charge in [-0.1, -0.05) is 25.1 Å². The van der Waals surface area contributed by atoms with Crippen molar-refractivity contribution in [2.45, 2.75) is 39.2 Å². The van der Waals surface area contributed by atoms with Crippen LogP contribution in [0.4, 0.5) is 11.5 Å². The van der Waals surface area contributed by atoms with Gasteiger partial charge in [0.05, 0.1) is 11.6 Å². The maximum atomic E-state index is 12.3.